The van der Waals surface area contributed by atoms with Crippen LogP contribution in [0.3, 0.4) is 0 Å². The third-order valence-corrected chi connectivity index (χ3v) is 3.44. The monoisotopic (exact) mass is 294 g/mol. The average molecular weight is 294 g/mol. The van der Waals surface area contributed by atoms with E-state index in [-0.39, 0.29) is 5.91 Å². The number of para-hydroxylation sites is 1. The maximum atomic E-state index is 11.6. The SMILES string of the molecule is NNC(=O)c1ccccc1OCCOCC1CCOCC1. The van der Waals surface area contributed by atoms with Gasteiger partial charge in [0.25, 0.3) is 5.91 Å². The van der Waals surface area contributed by atoms with E-state index in [1.165, 1.54) is 0 Å². The molecule has 0 aromatic heterocycles. The van der Waals surface area contributed by atoms with Gasteiger partial charge in [-0.2, -0.15) is 0 Å². The zero-order chi connectivity index (χ0) is 14.9. The summed E-state index contributed by atoms with van der Waals surface area (Å²) in [4.78, 5) is 11.6. The summed E-state index contributed by atoms with van der Waals surface area (Å²) in [5, 5.41) is 0. The summed E-state index contributed by atoms with van der Waals surface area (Å²) >= 11 is 0. The Morgan fingerprint density at radius 3 is 2.81 bits per heavy atom. The Morgan fingerprint density at radius 2 is 2.05 bits per heavy atom. The molecule has 0 radical (unpaired) electrons. The van der Waals surface area contributed by atoms with Gasteiger partial charge in [0.05, 0.1) is 12.2 Å². The number of amides is 1. The normalized spacial score (nSPS) is 15.7. The van der Waals surface area contributed by atoms with E-state index in [1.54, 1.807) is 18.2 Å². The van der Waals surface area contributed by atoms with Gasteiger partial charge in [-0.15, -0.1) is 0 Å². The predicted molar refractivity (Wildman–Crippen MR) is 78.0 cm³/mol. The van der Waals surface area contributed by atoms with E-state index < -0.39 is 0 Å². The number of carbonyl (C=O) groups is 1. The van der Waals surface area contributed by atoms with Crippen molar-refractivity contribution in [3.63, 3.8) is 0 Å². The highest BCUT2D eigenvalue weighted by molar-refractivity contribution is 5.96. The number of hydrogen-bond acceptors (Lipinski definition) is 5. The minimum absolute atomic E-state index is 0.367. The zero-order valence-corrected chi connectivity index (χ0v) is 12.0. The molecule has 0 unspecified atom stereocenters. The Balaban J connectivity index is 1.69. The van der Waals surface area contributed by atoms with Gasteiger partial charge in [0, 0.05) is 19.8 Å². The average Bonchev–Trinajstić information content (AvgIpc) is 2.55. The van der Waals surface area contributed by atoms with Crippen molar-refractivity contribution in [3.8, 4) is 5.75 Å². The van der Waals surface area contributed by atoms with E-state index >= 15 is 0 Å². The highest BCUT2D eigenvalue weighted by Gasteiger charge is 2.14. The van der Waals surface area contributed by atoms with Crippen LogP contribution in [0.2, 0.25) is 0 Å². The lowest BCUT2D eigenvalue weighted by Crippen LogP contribution is -2.30. The van der Waals surface area contributed by atoms with E-state index in [0.717, 1.165) is 32.7 Å². The molecule has 6 heteroatoms. The van der Waals surface area contributed by atoms with Crippen LogP contribution in [0.5, 0.6) is 5.75 Å². The number of nitrogen functional groups attached to an aromatic ring is 1. The minimum atomic E-state index is -0.367. The smallest absolute Gasteiger partial charge is 0.268 e. The standard InChI is InChI=1S/C15H22N2O4/c16-17-15(18)13-3-1-2-4-14(13)21-10-9-20-11-12-5-7-19-8-6-12/h1-4,12H,5-11,16H2,(H,17,18). The molecule has 21 heavy (non-hydrogen) atoms. The Bertz CT molecular complexity index is 447. The molecular formula is C15H22N2O4. The fourth-order valence-electron chi connectivity index (χ4n) is 2.23. The summed E-state index contributed by atoms with van der Waals surface area (Å²) in [7, 11) is 0. The van der Waals surface area contributed by atoms with Crippen LogP contribution in [0.4, 0.5) is 0 Å². The maximum Gasteiger partial charge on any atom is 0.268 e. The molecule has 6 nitrogen and oxygen atoms in total. The zero-order valence-electron chi connectivity index (χ0n) is 12.0. The van der Waals surface area contributed by atoms with Gasteiger partial charge < -0.3 is 14.2 Å². The van der Waals surface area contributed by atoms with E-state index in [1.807, 2.05) is 6.07 Å². The second-order valence-corrected chi connectivity index (χ2v) is 4.95. The van der Waals surface area contributed by atoms with Gasteiger partial charge in [-0.25, -0.2) is 5.84 Å². The van der Waals surface area contributed by atoms with Crippen molar-refractivity contribution >= 4 is 5.91 Å². The van der Waals surface area contributed by atoms with Crippen LogP contribution in [0.25, 0.3) is 0 Å². The first-order valence-corrected chi connectivity index (χ1v) is 7.19. The largest absolute Gasteiger partial charge is 0.490 e. The van der Waals surface area contributed by atoms with Crippen LogP contribution in [-0.4, -0.2) is 38.9 Å². The highest BCUT2D eigenvalue weighted by atomic mass is 16.5. The van der Waals surface area contributed by atoms with Crippen molar-refractivity contribution in [3.05, 3.63) is 29.8 Å². The summed E-state index contributed by atoms with van der Waals surface area (Å²) in [6.45, 7) is 3.28. The molecule has 1 aromatic rings. The van der Waals surface area contributed by atoms with Crippen molar-refractivity contribution in [2.75, 3.05) is 33.0 Å². The summed E-state index contributed by atoms with van der Waals surface area (Å²) in [5.74, 6) is 5.86. The van der Waals surface area contributed by atoms with Crippen molar-refractivity contribution in [1.29, 1.82) is 0 Å². The summed E-state index contributed by atoms with van der Waals surface area (Å²) in [6.07, 6.45) is 2.11. The summed E-state index contributed by atoms with van der Waals surface area (Å²) in [6, 6.07) is 6.98. The summed E-state index contributed by atoms with van der Waals surface area (Å²) < 4.78 is 16.5. The van der Waals surface area contributed by atoms with Crippen molar-refractivity contribution < 1.29 is 19.0 Å². The number of hydrazine groups is 1. The molecule has 3 N–H and O–H groups in total. The van der Waals surface area contributed by atoms with Gasteiger partial charge in [0.2, 0.25) is 0 Å². The van der Waals surface area contributed by atoms with Crippen LogP contribution < -0.4 is 16.0 Å². The molecule has 0 aliphatic carbocycles. The Labute approximate surface area is 124 Å². The second kappa shape index (κ2) is 8.61. The molecule has 1 heterocycles. The first-order chi connectivity index (χ1) is 10.3. The number of rotatable bonds is 7. The van der Waals surface area contributed by atoms with E-state index in [0.29, 0.717) is 30.4 Å². The number of nitrogens with one attached hydrogen (secondary N) is 1. The van der Waals surface area contributed by atoms with Gasteiger partial charge >= 0.3 is 0 Å². The van der Waals surface area contributed by atoms with Crippen molar-refractivity contribution in [2.24, 2.45) is 11.8 Å². The molecule has 0 spiro atoms. The summed E-state index contributed by atoms with van der Waals surface area (Å²) in [5.41, 5.74) is 2.52. The molecule has 0 saturated carbocycles. The molecule has 1 saturated heterocycles. The number of ether oxygens (including phenoxy) is 3. The molecule has 1 aliphatic rings. The lowest BCUT2D eigenvalue weighted by Gasteiger charge is -2.21. The van der Waals surface area contributed by atoms with Gasteiger partial charge in [-0.1, -0.05) is 12.1 Å². The van der Waals surface area contributed by atoms with Crippen LogP contribution >= 0.6 is 0 Å². The first-order valence-electron chi connectivity index (χ1n) is 7.19. The second-order valence-electron chi connectivity index (χ2n) is 4.95. The number of nitrogens with two attached hydrogens (primary N) is 1. The maximum absolute atomic E-state index is 11.6. The van der Waals surface area contributed by atoms with E-state index in [9.17, 15) is 4.79 Å². The Kier molecular flexibility index (Phi) is 6.46. The third-order valence-electron chi connectivity index (χ3n) is 3.44. The Morgan fingerprint density at radius 1 is 1.29 bits per heavy atom. The molecular weight excluding hydrogens is 272 g/mol. The quantitative estimate of drug-likeness (QED) is 0.341. The number of hydrogen-bond donors (Lipinski definition) is 2. The van der Waals surface area contributed by atoms with Crippen LogP contribution in [0.15, 0.2) is 24.3 Å². The molecule has 1 aromatic carbocycles. The minimum Gasteiger partial charge on any atom is -0.490 e. The van der Waals surface area contributed by atoms with E-state index in [4.69, 9.17) is 20.1 Å². The fraction of sp³-hybridized carbons (Fsp3) is 0.533. The van der Waals surface area contributed by atoms with Crippen LogP contribution in [0, 0.1) is 5.92 Å². The predicted octanol–water partition coefficient (Wildman–Crippen LogP) is 1.11. The topological polar surface area (TPSA) is 82.8 Å². The van der Waals surface area contributed by atoms with Crippen LogP contribution in [0.1, 0.15) is 23.2 Å². The lowest BCUT2D eigenvalue weighted by atomic mass is 10.0. The van der Waals surface area contributed by atoms with E-state index in [2.05, 4.69) is 5.43 Å². The fourth-order valence-corrected chi connectivity index (χ4v) is 2.23. The highest BCUT2D eigenvalue weighted by Crippen LogP contribution is 2.18. The van der Waals surface area contributed by atoms with Gasteiger partial charge in [-0.3, -0.25) is 10.2 Å². The molecule has 0 atom stereocenters. The Hall–Kier alpha value is -1.63. The molecule has 1 aliphatic heterocycles. The van der Waals surface area contributed by atoms with Gasteiger partial charge in [0.1, 0.15) is 12.4 Å². The molecule has 2 rings (SSSR count). The third kappa shape index (κ3) is 5.00. The first kappa shape index (κ1) is 15.8. The van der Waals surface area contributed by atoms with Crippen molar-refractivity contribution in [2.45, 2.75) is 12.8 Å². The number of benzene rings is 1. The van der Waals surface area contributed by atoms with Crippen LogP contribution in [-0.2, 0) is 9.47 Å². The molecule has 1 fully saturated rings. The number of carbonyl (C=O) groups excluding carboxylic acids is 1. The van der Waals surface area contributed by atoms with Crippen molar-refractivity contribution in [1.82, 2.24) is 5.43 Å². The molecule has 1 amide bonds. The lowest BCUT2D eigenvalue weighted by molar-refractivity contribution is 0.0139. The molecule has 116 valence electrons. The van der Waals surface area contributed by atoms with Gasteiger partial charge in [0.15, 0.2) is 0 Å². The van der Waals surface area contributed by atoms with Gasteiger partial charge in [-0.05, 0) is 30.9 Å². The molecule has 0 bridgehead atoms.